The monoisotopic (exact) mass is 297 g/mol. The average Bonchev–Trinajstić information content (AvgIpc) is 2.56. The minimum absolute atomic E-state index is 0.131. The lowest BCUT2D eigenvalue weighted by molar-refractivity contribution is -0.107. The van der Waals surface area contributed by atoms with Crippen molar-refractivity contribution in [3.05, 3.63) is 60.2 Å². The summed E-state index contributed by atoms with van der Waals surface area (Å²) >= 11 is 0. The molecule has 2 atom stereocenters. The molecule has 3 rings (SSSR count). The van der Waals surface area contributed by atoms with Gasteiger partial charge in [-0.15, -0.1) is 0 Å². The Morgan fingerprint density at radius 2 is 1.86 bits per heavy atom. The predicted octanol–water partition coefficient (Wildman–Crippen LogP) is 3.07. The zero-order valence-electron chi connectivity index (χ0n) is 13.2. The van der Waals surface area contributed by atoms with E-state index in [4.69, 9.17) is 4.74 Å². The zero-order valence-corrected chi connectivity index (χ0v) is 13.2. The average molecular weight is 297 g/mol. The minimum Gasteiger partial charge on any atom is -0.367 e. The van der Waals surface area contributed by atoms with Crippen molar-refractivity contribution in [2.24, 2.45) is 5.92 Å². The van der Waals surface area contributed by atoms with Crippen LogP contribution in [0.4, 0.5) is 0 Å². The van der Waals surface area contributed by atoms with Gasteiger partial charge in [0, 0.05) is 37.6 Å². The smallest absolute Gasteiger partial charge is 0.115 e. The van der Waals surface area contributed by atoms with Crippen LogP contribution >= 0.6 is 0 Å². The van der Waals surface area contributed by atoms with E-state index in [2.05, 4.69) is 53.0 Å². The maximum Gasteiger partial charge on any atom is 0.115 e. The van der Waals surface area contributed by atoms with Gasteiger partial charge < -0.3 is 4.74 Å². The fourth-order valence-corrected chi connectivity index (χ4v) is 2.88. The van der Waals surface area contributed by atoms with Gasteiger partial charge in [-0.3, -0.25) is 4.90 Å². The summed E-state index contributed by atoms with van der Waals surface area (Å²) < 4.78 is 6.33. The molecule has 1 aliphatic rings. The van der Waals surface area contributed by atoms with Gasteiger partial charge in [0.25, 0.3) is 0 Å². The van der Waals surface area contributed by atoms with E-state index in [9.17, 15) is 0 Å². The molecule has 1 aliphatic heterocycles. The third-order valence-electron chi connectivity index (χ3n) is 4.14. The molecular weight excluding hydrogens is 274 g/mol. The van der Waals surface area contributed by atoms with Crippen molar-refractivity contribution in [1.29, 1.82) is 0 Å². The Morgan fingerprint density at radius 1 is 1.14 bits per heavy atom. The van der Waals surface area contributed by atoms with Crippen LogP contribution in [0.2, 0.25) is 0 Å². The molecule has 2 heterocycles. The molecular formula is C18H23N3O. The Hall–Kier alpha value is -1.78. The van der Waals surface area contributed by atoms with Crippen molar-refractivity contribution < 1.29 is 4.74 Å². The Morgan fingerprint density at radius 3 is 2.55 bits per heavy atom. The number of hydrogen-bond donors (Lipinski definition) is 0. The summed E-state index contributed by atoms with van der Waals surface area (Å²) in [5, 5.41) is 0. The van der Waals surface area contributed by atoms with Crippen molar-refractivity contribution in [3.8, 4) is 0 Å². The molecule has 0 N–H and O–H groups in total. The first kappa shape index (κ1) is 15.1. The number of aromatic nitrogens is 2. The van der Waals surface area contributed by atoms with Crippen molar-refractivity contribution >= 4 is 0 Å². The van der Waals surface area contributed by atoms with Gasteiger partial charge in [-0.1, -0.05) is 44.2 Å². The number of nitrogens with zero attached hydrogens (tertiary/aromatic N) is 3. The second-order valence-electron chi connectivity index (χ2n) is 6.26. The molecule has 1 fully saturated rings. The SMILES string of the molecule is CC(C)[C@H]1CN(Cc2cncnc2)C[C@@H](c2ccccc2)O1. The topological polar surface area (TPSA) is 38.2 Å². The quantitative estimate of drug-likeness (QED) is 0.869. The van der Waals surface area contributed by atoms with E-state index in [1.807, 2.05) is 18.5 Å². The van der Waals surface area contributed by atoms with Crippen molar-refractivity contribution in [2.45, 2.75) is 32.6 Å². The Kier molecular flexibility index (Phi) is 4.80. The molecule has 0 unspecified atom stereocenters. The van der Waals surface area contributed by atoms with Crippen LogP contribution in [-0.2, 0) is 11.3 Å². The second-order valence-corrected chi connectivity index (χ2v) is 6.26. The Bertz CT molecular complexity index is 573. The van der Waals surface area contributed by atoms with Crippen LogP contribution in [-0.4, -0.2) is 34.1 Å². The fraction of sp³-hybridized carbons (Fsp3) is 0.444. The largest absolute Gasteiger partial charge is 0.367 e. The summed E-state index contributed by atoms with van der Waals surface area (Å²) in [7, 11) is 0. The van der Waals surface area contributed by atoms with Gasteiger partial charge in [-0.05, 0) is 11.5 Å². The van der Waals surface area contributed by atoms with E-state index < -0.39 is 0 Å². The summed E-state index contributed by atoms with van der Waals surface area (Å²) in [4.78, 5) is 10.7. The van der Waals surface area contributed by atoms with Gasteiger partial charge in [0.05, 0.1) is 12.2 Å². The van der Waals surface area contributed by atoms with Gasteiger partial charge in [0.2, 0.25) is 0 Å². The van der Waals surface area contributed by atoms with Crippen LogP contribution in [0.1, 0.15) is 31.1 Å². The number of benzene rings is 1. The summed E-state index contributed by atoms with van der Waals surface area (Å²) in [5.74, 6) is 0.501. The summed E-state index contributed by atoms with van der Waals surface area (Å²) in [6, 6.07) is 10.5. The molecule has 1 aromatic carbocycles. The number of hydrogen-bond acceptors (Lipinski definition) is 4. The summed E-state index contributed by atoms with van der Waals surface area (Å²) in [6.07, 6.45) is 5.75. The van der Waals surface area contributed by atoms with E-state index in [1.165, 1.54) is 5.56 Å². The van der Waals surface area contributed by atoms with Crippen molar-refractivity contribution in [3.63, 3.8) is 0 Å². The molecule has 0 amide bonds. The van der Waals surface area contributed by atoms with E-state index >= 15 is 0 Å². The first-order valence-corrected chi connectivity index (χ1v) is 7.89. The van der Waals surface area contributed by atoms with Crippen molar-refractivity contribution in [1.82, 2.24) is 14.9 Å². The first-order valence-electron chi connectivity index (χ1n) is 7.89. The molecule has 116 valence electrons. The maximum absolute atomic E-state index is 6.33. The van der Waals surface area contributed by atoms with Gasteiger partial charge in [0.15, 0.2) is 0 Å². The maximum atomic E-state index is 6.33. The van der Waals surface area contributed by atoms with E-state index in [0.717, 1.165) is 25.2 Å². The first-order chi connectivity index (χ1) is 10.7. The number of morpholine rings is 1. The molecule has 4 nitrogen and oxygen atoms in total. The summed E-state index contributed by atoms with van der Waals surface area (Å²) in [5.41, 5.74) is 2.40. The Labute approximate surface area is 132 Å². The highest BCUT2D eigenvalue weighted by atomic mass is 16.5. The number of ether oxygens (including phenoxy) is 1. The van der Waals surface area contributed by atoms with Crippen LogP contribution in [0.3, 0.4) is 0 Å². The van der Waals surface area contributed by atoms with E-state index in [1.54, 1.807) is 6.33 Å². The highest BCUT2D eigenvalue weighted by Gasteiger charge is 2.30. The fourth-order valence-electron chi connectivity index (χ4n) is 2.88. The van der Waals surface area contributed by atoms with Crippen LogP contribution in [0.15, 0.2) is 49.1 Å². The Balaban J connectivity index is 1.75. The molecule has 1 aromatic heterocycles. The molecule has 22 heavy (non-hydrogen) atoms. The molecule has 1 saturated heterocycles. The zero-order chi connectivity index (χ0) is 15.4. The lowest BCUT2D eigenvalue weighted by Crippen LogP contribution is -2.45. The van der Waals surface area contributed by atoms with Gasteiger partial charge >= 0.3 is 0 Å². The minimum atomic E-state index is 0.131. The molecule has 0 saturated carbocycles. The van der Waals surface area contributed by atoms with Crippen LogP contribution < -0.4 is 0 Å². The third-order valence-corrected chi connectivity index (χ3v) is 4.14. The van der Waals surface area contributed by atoms with Gasteiger partial charge in [0.1, 0.15) is 6.33 Å². The standard InChI is InChI=1S/C18H23N3O/c1-14(2)17-11-21(10-15-8-19-13-20-9-15)12-18(22-17)16-6-4-3-5-7-16/h3-9,13-14,17-18H,10-12H2,1-2H3/t17-,18+/m1/s1. The molecule has 0 bridgehead atoms. The number of rotatable bonds is 4. The molecule has 4 heteroatoms. The van der Waals surface area contributed by atoms with Crippen LogP contribution in [0, 0.1) is 5.92 Å². The second kappa shape index (κ2) is 6.99. The normalized spacial score (nSPS) is 22.9. The third kappa shape index (κ3) is 3.70. The highest BCUT2D eigenvalue weighted by molar-refractivity contribution is 5.18. The predicted molar refractivity (Wildman–Crippen MR) is 86.2 cm³/mol. The lowest BCUT2D eigenvalue weighted by Gasteiger charge is -2.40. The highest BCUT2D eigenvalue weighted by Crippen LogP contribution is 2.28. The molecule has 0 radical (unpaired) electrons. The summed E-state index contributed by atoms with van der Waals surface area (Å²) in [6.45, 7) is 7.18. The van der Waals surface area contributed by atoms with Gasteiger partial charge in [-0.2, -0.15) is 0 Å². The van der Waals surface area contributed by atoms with Crippen molar-refractivity contribution in [2.75, 3.05) is 13.1 Å². The molecule has 0 aliphatic carbocycles. The van der Waals surface area contributed by atoms with E-state index in [-0.39, 0.29) is 12.2 Å². The molecule has 0 spiro atoms. The van der Waals surface area contributed by atoms with E-state index in [0.29, 0.717) is 5.92 Å². The van der Waals surface area contributed by atoms with Crippen LogP contribution in [0.5, 0.6) is 0 Å². The van der Waals surface area contributed by atoms with Gasteiger partial charge in [-0.25, -0.2) is 9.97 Å². The molecule has 2 aromatic rings. The van der Waals surface area contributed by atoms with Crippen LogP contribution in [0.25, 0.3) is 0 Å². The lowest BCUT2D eigenvalue weighted by atomic mass is 10.0.